The van der Waals surface area contributed by atoms with Crippen molar-refractivity contribution >= 4 is 18.3 Å². The van der Waals surface area contributed by atoms with Gasteiger partial charge in [0.25, 0.3) is 5.91 Å². The smallest absolute Gasteiger partial charge is 0.337 e. The van der Waals surface area contributed by atoms with Crippen LogP contribution >= 0.6 is 12.4 Å². The number of benzene rings is 1. The van der Waals surface area contributed by atoms with Crippen molar-refractivity contribution in [1.82, 2.24) is 20.4 Å². The summed E-state index contributed by atoms with van der Waals surface area (Å²) in [6, 6.07) is 3.05. The first-order valence-electron chi connectivity index (χ1n) is 9.28. The number of aromatic nitrogens is 2. The Bertz CT molecular complexity index is 891. The maximum absolute atomic E-state index is 14.2. The Morgan fingerprint density at radius 1 is 1.21 bits per heavy atom. The van der Waals surface area contributed by atoms with Gasteiger partial charge in [0.1, 0.15) is 5.82 Å². The normalized spacial score (nSPS) is 17.6. The van der Waals surface area contributed by atoms with Gasteiger partial charge >= 0.3 is 6.18 Å². The molecule has 158 valence electrons. The molecule has 1 aromatic carbocycles. The largest absolute Gasteiger partial charge is 0.416 e. The lowest BCUT2D eigenvalue weighted by Gasteiger charge is -2.33. The fourth-order valence-corrected chi connectivity index (χ4v) is 4.12. The molecule has 1 fully saturated rings. The summed E-state index contributed by atoms with van der Waals surface area (Å²) in [5.41, 5.74) is 0.945. The van der Waals surface area contributed by atoms with Crippen LogP contribution in [0.5, 0.6) is 0 Å². The van der Waals surface area contributed by atoms with E-state index in [0.29, 0.717) is 12.2 Å². The Kier molecular flexibility index (Phi) is 6.19. The topological polar surface area (TPSA) is 61.0 Å². The molecule has 1 aromatic heterocycles. The Labute approximate surface area is 171 Å². The SMILES string of the molecule is Cl.O=C(c1n[nH]c2c1CNCC2)N1CCC(c2c(F)cccc2C(F)(F)F)CC1. The zero-order valence-corrected chi connectivity index (χ0v) is 16.3. The molecular weight excluding hydrogens is 412 g/mol. The molecule has 1 amide bonds. The molecule has 0 unspecified atom stereocenters. The minimum atomic E-state index is -4.61. The van der Waals surface area contributed by atoms with E-state index >= 15 is 0 Å². The summed E-state index contributed by atoms with van der Waals surface area (Å²) in [5.74, 6) is -1.65. The Balaban J connectivity index is 0.00000240. The molecule has 0 saturated carbocycles. The van der Waals surface area contributed by atoms with Gasteiger partial charge in [0.2, 0.25) is 0 Å². The summed E-state index contributed by atoms with van der Waals surface area (Å²) < 4.78 is 54.1. The Morgan fingerprint density at radius 3 is 2.62 bits per heavy atom. The van der Waals surface area contributed by atoms with Crippen LogP contribution in [0.2, 0.25) is 0 Å². The summed E-state index contributed by atoms with van der Waals surface area (Å²) in [5, 5.41) is 10.2. The van der Waals surface area contributed by atoms with Gasteiger partial charge in [-0.05, 0) is 30.9 Å². The summed E-state index contributed by atoms with van der Waals surface area (Å²) in [6.07, 6.45) is -3.28. The van der Waals surface area contributed by atoms with Crippen LogP contribution in [0.25, 0.3) is 0 Å². The Hall–Kier alpha value is -2.13. The third-order valence-corrected chi connectivity index (χ3v) is 5.56. The average Bonchev–Trinajstić information content (AvgIpc) is 3.11. The molecule has 1 saturated heterocycles. The van der Waals surface area contributed by atoms with E-state index < -0.39 is 23.5 Å². The number of amides is 1. The lowest BCUT2D eigenvalue weighted by molar-refractivity contribution is -0.138. The number of rotatable bonds is 2. The minimum Gasteiger partial charge on any atom is -0.337 e. The molecule has 2 aliphatic heterocycles. The van der Waals surface area contributed by atoms with Crippen LogP contribution in [-0.4, -0.2) is 40.6 Å². The predicted molar refractivity (Wildman–Crippen MR) is 101 cm³/mol. The first-order valence-corrected chi connectivity index (χ1v) is 9.28. The molecule has 0 spiro atoms. The highest BCUT2D eigenvalue weighted by molar-refractivity contribution is 5.94. The number of aromatic amines is 1. The minimum absolute atomic E-state index is 0. The van der Waals surface area contributed by atoms with Crippen LogP contribution < -0.4 is 5.32 Å². The molecule has 0 radical (unpaired) electrons. The number of alkyl halides is 3. The number of nitrogens with one attached hydrogen (secondary N) is 2. The molecule has 2 aromatic rings. The van der Waals surface area contributed by atoms with E-state index in [2.05, 4.69) is 15.5 Å². The van der Waals surface area contributed by atoms with Crippen LogP contribution in [-0.2, 0) is 19.1 Å². The predicted octanol–water partition coefficient (Wildman–Crippen LogP) is 3.65. The second kappa shape index (κ2) is 8.31. The molecule has 10 heteroatoms. The van der Waals surface area contributed by atoms with Crippen LogP contribution in [0, 0.1) is 5.82 Å². The third-order valence-electron chi connectivity index (χ3n) is 5.56. The molecule has 0 bridgehead atoms. The number of hydrogen-bond donors (Lipinski definition) is 2. The van der Waals surface area contributed by atoms with Gasteiger partial charge in [-0.25, -0.2) is 4.39 Å². The molecule has 0 atom stereocenters. The van der Waals surface area contributed by atoms with Crippen molar-refractivity contribution in [1.29, 1.82) is 0 Å². The van der Waals surface area contributed by atoms with Crippen LogP contribution in [0.15, 0.2) is 18.2 Å². The second-order valence-corrected chi connectivity index (χ2v) is 7.22. The van der Waals surface area contributed by atoms with Gasteiger partial charge in [0, 0.05) is 49.4 Å². The van der Waals surface area contributed by atoms with Gasteiger partial charge in [-0.1, -0.05) is 6.07 Å². The number of carbonyl (C=O) groups excluding carboxylic acids is 1. The monoisotopic (exact) mass is 432 g/mol. The van der Waals surface area contributed by atoms with Crippen LogP contribution in [0.3, 0.4) is 0 Å². The van der Waals surface area contributed by atoms with Crippen molar-refractivity contribution < 1.29 is 22.4 Å². The maximum Gasteiger partial charge on any atom is 0.416 e. The highest BCUT2D eigenvalue weighted by Gasteiger charge is 2.38. The molecule has 4 rings (SSSR count). The van der Waals surface area contributed by atoms with E-state index in [9.17, 15) is 22.4 Å². The molecule has 5 nitrogen and oxygen atoms in total. The van der Waals surface area contributed by atoms with Crippen molar-refractivity contribution in [2.75, 3.05) is 19.6 Å². The van der Waals surface area contributed by atoms with E-state index in [1.807, 2.05) is 0 Å². The highest BCUT2D eigenvalue weighted by Crippen LogP contribution is 2.40. The van der Waals surface area contributed by atoms with Gasteiger partial charge in [0.05, 0.1) is 5.56 Å². The number of piperidine rings is 1. The summed E-state index contributed by atoms with van der Waals surface area (Å²) in [7, 11) is 0. The van der Waals surface area contributed by atoms with Gasteiger partial charge in [-0.15, -0.1) is 12.4 Å². The van der Waals surface area contributed by atoms with Gasteiger partial charge in [0.15, 0.2) is 5.69 Å². The zero-order chi connectivity index (χ0) is 19.9. The number of nitrogens with zero attached hydrogens (tertiary/aromatic N) is 2. The third kappa shape index (κ3) is 4.11. The number of H-pyrrole nitrogens is 1. The van der Waals surface area contributed by atoms with Gasteiger partial charge in [-0.2, -0.15) is 18.3 Å². The number of halogens is 5. The fraction of sp³-hybridized carbons (Fsp3) is 0.474. The lowest BCUT2D eigenvalue weighted by atomic mass is 9.85. The summed E-state index contributed by atoms with van der Waals surface area (Å²) in [4.78, 5) is 14.4. The molecule has 29 heavy (non-hydrogen) atoms. The standard InChI is InChI=1S/C19H20F4N4O.ClH/c20-14-3-1-2-13(19(21,22)23)16(14)11-5-8-27(9-6-11)18(28)17-12-10-24-7-4-15(12)25-26-17;/h1-3,11,24H,4-10H2,(H,25,26);1H. The first-order chi connectivity index (χ1) is 13.4. The zero-order valence-electron chi connectivity index (χ0n) is 15.5. The van der Waals surface area contributed by atoms with Gasteiger partial charge < -0.3 is 10.2 Å². The van der Waals surface area contributed by atoms with E-state index in [4.69, 9.17) is 0 Å². The van der Waals surface area contributed by atoms with Crippen LogP contribution in [0.4, 0.5) is 17.6 Å². The summed E-state index contributed by atoms with van der Waals surface area (Å²) >= 11 is 0. The number of likely N-dealkylation sites (tertiary alicyclic amines) is 1. The van der Waals surface area contributed by atoms with Gasteiger partial charge in [-0.3, -0.25) is 9.89 Å². The molecule has 3 heterocycles. The van der Waals surface area contributed by atoms with Crippen molar-refractivity contribution in [3.05, 3.63) is 52.1 Å². The van der Waals surface area contributed by atoms with Crippen LogP contribution in [0.1, 0.15) is 51.6 Å². The highest BCUT2D eigenvalue weighted by atomic mass is 35.5. The molecule has 2 N–H and O–H groups in total. The average molecular weight is 433 g/mol. The quantitative estimate of drug-likeness (QED) is 0.712. The number of fused-ring (bicyclic) bond motifs is 1. The number of carbonyl (C=O) groups is 1. The second-order valence-electron chi connectivity index (χ2n) is 7.22. The van der Waals surface area contributed by atoms with Crippen molar-refractivity contribution in [2.45, 2.75) is 37.9 Å². The first kappa shape index (κ1) is 21.6. The van der Waals surface area contributed by atoms with Crippen molar-refractivity contribution in [3.8, 4) is 0 Å². The fourth-order valence-electron chi connectivity index (χ4n) is 4.12. The van der Waals surface area contributed by atoms with E-state index in [-0.39, 0.29) is 49.8 Å². The molecule has 2 aliphatic rings. The lowest BCUT2D eigenvalue weighted by Crippen LogP contribution is -2.39. The summed E-state index contributed by atoms with van der Waals surface area (Å²) in [6.45, 7) is 1.92. The van der Waals surface area contributed by atoms with Crippen molar-refractivity contribution in [2.24, 2.45) is 0 Å². The van der Waals surface area contributed by atoms with Crippen molar-refractivity contribution in [3.63, 3.8) is 0 Å². The van der Waals surface area contributed by atoms with E-state index in [1.54, 1.807) is 4.90 Å². The molecule has 0 aliphatic carbocycles. The van der Waals surface area contributed by atoms with E-state index in [1.165, 1.54) is 0 Å². The Morgan fingerprint density at radius 2 is 1.93 bits per heavy atom. The molecular formula is C19H21ClF4N4O. The number of hydrogen-bond acceptors (Lipinski definition) is 3. The van der Waals surface area contributed by atoms with E-state index in [0.717, 1.165) is 42.4 Å². The maximum atomic E-state index is 14.2.